The van der Waals surface area contributed by atoms with Crippen LogP contribution in [-0.2, 0) is 24.0 Å². The van der Waals surface area contributed by atoms with Gasteiger partial charge in [0.25, 0.3) is 11.8 Å². The number of hydrogen-bond donors (Lipinski definition) is 4. The van der Waals surface area contributed by atoms with Crippen LogP contribution in [0.25, 0.3) is 0 Å². The average molecular weight is 790 g/mol. The van der Waals surface area contributed by atoms with Gasteiger partial charge in [-0.05, 0) is 111 Å². The van der Waals surface area contributed by atoms with Crippen molar-refractivity contribution in [3.63, 3.8) is 0 Å². The zero-order valence-electron chi connectivity index (χ0n) is 34.0. The number of nitrogens with one attached hydrogen (secondary N) is 4. The number of hydrogen-bond acceptors (Lipinski definition) is 7. The number of thiophene rings is 1. The second kappa shape index (κ2) is 18.2. The zero-order chi connectivity index (χ0) is 40.1. The van der Waals surface area contributed by atoms with Crippen molar-refractivity contribution in [2.75, 3.05) is 6.54 Å². The fourth-order valence-electron chi connectivity index (χ4n) is 9.47. The number of nitrogens with zero attached hydrogens (tertiary/aromatic N) is 1. The first-order chi connectivity index (χ1) is 26.8. The van der Waals surface area contributed by atoms with E-state index in [4.69, 9.17) is 0 Å². The molecule has 6 atom stereocenters. The normalized spacial score (nSPS) is 25.2. The molecule has 306 valence electrons. The monoisotopic (exact) mass is 789 g/mol. The molecular weight excluding hydrogens is 727 g/mol. The molecule has 4 fully saturated rings. The Labute approximate surface area is 336 Å². The largest absolute Gasteiger partial charge is 0.347 e. The summed E-state index contributed by atoms with van der Waals surface area (Å²) >= 11 is 1.32. The van der Waals surface area contributed by atoms with Crippen LogP contribution in [0.5, 0.6) is 0 Å². The van der Waals surface area contributed by atoms with E-state index in [1.54, 1.807) is 11.0 Å². The van der Waals surface area contributed by atoms with Crippen molar-refractivity contribution in [2.24, 2.45) is 29.1 Å². The summed E-state index contributed by atoms with van der Waals surface area (Å²) in [5, 5.41) is 13.9. The number of amides is 5. The molecule has 11 nitrogen and oxygen atoms in total. The third-order valence-corrected chi connectivity index (χ3v) is 14.0. The average Bonchev–Trinajstić information content (AvgIpc) is 3.99. The topological polar surface area (TPSA) is 154 Å². The highest BCUT2D eigenvalue weighted by Crippen LogP contribution is 2.42. The number of likely N-dealkylation sites (tertiary alicyclic amines) is 1. The van der Waals surface area contributed by atoms with Crippen LogP contribution in [0.2, 0.25) is 0 Å². The van der Waals surface area contributed by atoms with Crippen molar-refractivity contribution in [3.8, 4) is 0 Å². The summed E-state index contributed by atoms with van der Waals surface area (Å²) < 4.78 is 0. The van der Waals surface area contributed by atoms with E-state index in [-0.39, 0.29) is 47.4 Å². The van der Waals surface area contributed by atoms with Crippen molar-refractivity contribution in [1.82, 2.24) is 26.2 Å². The van der Waals surface area contributed by atoms with Crippen LogP contribution in [0.1, 0.15) is 134 Å². The molecule has 2 heterocycles. The van der Waals surface area contributed by atoms with E-state index in [2.05, 4.69) is 41.2 Å². The summed E-state index contributed by atoms with van der Waals surface area (Å²) in [5.74, 6) is -2.84. The number of ketones is 1. The molecule has 1 aromatic heterocycles. The van der Waals surface area contributed by atoms with Gasteiger partial charge < -0.3 is 26.2 Å². The van der Waals surface area contributed by atoms with E-state index in [0.29, 0.717) is 37.1 Å². The zero-order valence-corrected chi connectivity index (χ0v) is 34.8. The van der Waals surface area contributed by atoms with Gasteiger partial charge in [-0.2, -0.15) is 0 Å². The highest BCUT2D eigenvalue weighted by atomic mass is 32.1. The second-order valence-electron chi connectivity index (χ2n) is 17.8. The molecule has 3 saturated carbocycles. The first kappa shape index (κ1) is 41.8. The van der Waals surface area contributed by atoms with Gasteiger partial charge in [0.05, 0.1) is 10.9 Å². The lowest BCUT2D eigenvalue weighted by atomic mass is 9.70. The quantitative estimate of drug-likeness (QED) is 0.142. The fourth-order valence-corrected chi connectivity index (χ4v) is 10.1. The van der Waals surface area contributed by atoms with E-state index in [9.17, 15) is 24.0 Å². The van der Waals surface area contributed by atoms with E-state index < -0.39 is 47.2 Å². The lowest BCUT2D eigenvalue weighted by Gasteiger charge is -2.41. The van der Waals surface area contributed by atoms with Gasteiger partial charge in [-0.15, -0.1) is 11.3 Å². The third-order valence-electron chi connectivity index (χ3n) is 13.1. The Kier molecular flexibility index (Phi) is 13.6. The molecule has 0 spiro atoms. The lowest BCUT2D eigenvalue weighted by Crippen LogP contribution is -2.62. The van der Waals surface area contributed by atoms with E-state index in [1.807, 2.05) is 38.3 Å². The summed E-state index contributed by atoms with van der Waals surface area (Å²) in [5.41, 5.74) is 1.90. The van der Waals surface area contributed by atoms with Gasteiger partial charge in [0.15, 0.2) is 0 Å². The minimum Gasteiger partial charge on any atom is -0.347 e. The predicted octanol–water partition coefficient (Wildman–Crippen LogP) is 6.00. The van der Waals surface area contributed by atoms with Crippen molar-refractivity contribution in [2.45, 2.75) is 155 Å². The smallest absolute Gasteiger partial charge is 0.289 e. The van der Waals surface area contributed by atoms with Crippen LogP contribution in [0.15, 0.2) is 40.8 Å². The van der Waals surface area contributed by atoms with Gasteiger partial charge >= 0.3 is 0 Å². The summed E-state index contributed by atoms with van der Waals surface area (Å²) in [6.07, 6.45) is 15.2. The van der Waals surface area contributed by atoms with Gasteiger partial charge in [-0.25, -0.2) is 0 Å². The summed E-state index contributed by atoms with van der Waals surface area (Å²) in [6.45, 7) is 10.6. The molecule has 1 aromatic rings. The Hall–Kier alpha value is -3.80. The predicted molar refractivity (Wildman–Crippen MR) is 217 cm³/mol. The minimum absolute atomic E-state index is 0.0140. The maximum atomic E-state index is 15.2. The van der Waals surface area contributed by atoms with Crippen LogP contribution in [0, 0.1) is 29.1 Å². The molecule has 0 aromatic carbocycles. The van der Waals surface area contributed by atoms with Gasteiger partial charge in [-0.1, -0.05) is 83.6 Å². The van der Waals surface area contributed by atoms with Crippen molar-refractivity contribution < 1.29 is 28.8 Å². The highest BCUT2D eigenvalue weighted by molar-refractivity contribution is 7.12. The molecule has 2 unspecified atom stereocenters. The molecule has 0 bridgehead atoms. The van der Waals surface area contributed by atoms with E-state index in [1.165, 1.54) is 16.9 Å². The molecule has 6 rings (SSSR count). The second-order valence-corrected chi connectivity index (χ2v) is 18.7. The summed E-state index contributed by atoms with van der Waals surface area (Å²) in [6, 6.07) is -0.0759. The molecule has 0 radical (unpaired) electrons. The molecule has 12 heteroatoms. The molecule has 56 heavy (non-hydrogen) atoms. The van der Waals surface area contributed by atoms with Crippen molar-refractivity contribution in [1.29, 1.82) is 0 Å². The van der Waals surface area contributed by atoms with Gasteiger partial charge in [0.1, 0.15) is 18.1 Å². The first-order valence-corrected chi connectivity index (χ1v) is 22.1. The van der Waals surface area contributed by atoms with Crippen molar-refractivity contribution in [3.05, 3.63) is 45.7 Å². The molecule has 5 aliphatic rings. The molecule has 4 N–H and O–H groups in total. The van der Waals surface area contributed by atoms with Crippen LogP contribution in [0.4, 0.5) is 0 Å². The number of carbonyl (C=O) groups is 6. The number of carbonyl (C=O) groups excluding carboxylic acids is 6. The fraction of sp³-hybridized carbons (Fsp3) is 0.682. The third kappa shape index (κ3) is 9.83. The highest BCUT2D eigenvalue weighted by Gasteiger charge is 2.49. The van der Waals surface area contributed by atoms with E-state index in [0.717, 1.165) is 69.8 Å². The Morgan fingerprint density at radius 2 is 1.70 bits per heavy atom. The molecule has 4 aliphatic carbocycles. The van der Waals surface area contributed by atoms with Crippen LogP contribution < -0.4 is 21.3 Å². The van der Waals surface area contributed by atoms with Gasteiger partial charge in [-0.3, -0.25) is 28.8 Å². The van der Waals surface area contributed by atoms with Crippen LogP contribution >= 0.6 is 11.3 Å². The van der Waals surface area contributed by atoms with Crippen LogP contribution in [0.3, 0.4) is 0 Å². The van der Waals surface area contributed by atoms with Gasteiger partial charge in [0, 0.05) is 12.6 Å². The van der Waals surface area contributed by atoms with Crippen LogP contribution in [-0.4, -0.2) is 77.0 Å². The Balaban J connectivity index is 1.29. The van der Waals surface area contributed by atoms with Gasteiger partial charge in [0.2, 0.25) is 23.5 Å². The number of Topliss-reactive ketones (excluding diaryl/α,β-unsaturated/α-hetero) is 1. The Morgan fingerprint density at radius 3 is 2.30 bits per heavy atom. The minimum atomic E-state index is -0.965. The van der Waals surface area contributed by atoms with E-state index >= 15 is 4.79 Å². The van der Waals surface area contributed by atoms with Crippen molar-refractivity contribution >= 4 is 46.7 Å². The lowest BCUT2D eigenvalue weighted by molar-refractivity contribution is -0.145. The summed E-state index contributed by atoms with van der Waals surface area (Å²) in [7, 11) is 0. The Morgan fingerprint density at radius 1 is 0.964 bits per heavy atom. The number of allylic oxidation sites excluding steroid dienone is 4. The Bertz CT molecular complexity index is 1690. The maximum absolute atomic E-state index is 15.2. The SMILES string of the molecule is C/C=C\C1=C(CC)CC([C@H](NC(=O)[C@@H](NC(=O)c2cccs2)C2(C)CCCCC2)C(=O)N2CC[C@H](C(C)C)[C@H]2C(=O)NC(CC2CC2)C(=O)C(=O)NC2CC2)C1. The molecular formula is C44H63N5O6S. The standard InChI is InChI=1S/C44H63N5O6S/c1-6-12-29-25-30(24-28(29)7-2)35(47-42(54)38(44(5)19-9-8-10-20-44)48-39(51)34-13-11-22-56-34)43(55)49-21-18-32(26(3)4)36(49)40(52)46-33(23-27-14-15-27)37(50)41(53)45-31-16-17-31/h6,11-13,22,26-27,30-33,35-36,38H,7-10,14-21,23-25H2,1-5H3,(H,45,53)(H,46,52)(H,47,54)(H,48,51)/b12-6-/t30?,32-,33?,35+,36+,38-/m1/s1. The molecule has 1 aliphatic heterocycles. The first-order valence-electron chi connectivity index (χ1n) is 21.3. The number of rotatable bonds is 17. The maximum Gasteiger partial charge on any atom is 0.289 e. The molecule has 1 saturated heterocycles. The summed E-state index contributed by atoms with van der Waals surface area (Å²) in [4.78, 5) is 86.6. The molecule has 5 amide bonds.